The lowest BCUT2D eigenvalue weighted by atomic mass is 10.2. The minimum Gasteiger partial charge on any atom is -0.295 e. The Balaban J connectivity index is 1.76. The van der Waals surface area contributed by atoms with E-state index in [1.807, 2.05) is 19.1 Å². The summed E-state index contributed by atoms with van der Waals surface area (Å²) in [6, 6.07) is 12.1. The van der Waals surface area contributed by atoms with Crippen molar-refractivity contribution in [1.82, 2.24) is 13.9 Å². The van der Waals surface area contributed by atoms with Gasteiger partial charge in [0.15, 0.2) is 0 Å². The maximum atomic E-state index is 12.7. The Bertz CT molecular complexity index is 1190. The molecule has 1 N–H and O–H groups in total. The second kappa shape index (κ2) is 6.22. The van der Waals surface area contributed by atoms with E-state index < -0.39 is 10.0 Å². The molecule has 2 aromatic carbocycles. The van der Waals surface area contributed by atoms with Crippen molar-refractivity contribution in [2.45, 2.75) is 36.7 Å². The first-order valence-electron chi connectivity index (χ1n) is 8.66. The fraction of sp³-hybridized carbons (Fsp3) is 0.316. The molecule has 1 fully saturated rings. The predicted molar refractivity (Wildman–Crippen MR) is 106 cm³/mol. The van der Waals surface area contributed by atoms with Crippen molar-refractivity contribution < 1.29 is 8.42 Å². The van der Waals surface area contributed by atoms with Crippen molar-refractivity contribution in [3.63, 3.8) is 0 Å². The van der Waals surface area contributed by atoms with Crippen molar-refractivity contribution in [2.75, 3.05) is 0 Å². The summed E-state index contributed by atoms with van der Waals surface area (Å²) in [5, 5.41) is 0.635. The molecule has 0 radical (unpaired) electrons. The molecule has 0 atom stereocenters. The summed E-state index contributed by atoms with van der Waals surface area (Å²) in [7, 11) is -1.97. The largest absolute Gasteiger partial charge is 0.329 e. The number of fused-ring (bicyclic) bond motifs is 1. The molecule has 0 saturated heterocycles. The molecule has 0 amide bonds. The zero-order valence-corrected chi connectivity index (χ0v) is 16.6. The molecule has 142 valence electrons. The molecule has 1 aliphatic carbocycles. The van der Waals surface area contributed by atoms with Gasteiger partial charge in [-0.1, -0.05) is 23.7 Å². The number of nitrogens with one attached hydrogen (secondary N) is 1. The number of hydrogen-bond acceptors (Lipinski definition) is 3. The van der Waals surface area contributed by atoms with Crippen molar-refractivity contribution >= 4 is 32.7 Å². The van der Waals surface area contributed by atoms with Crippen molar-refractivity contribution in [3.05, 3.63) is 63.5 Å². The second-order valence-electron chi connectivity index (χ2n) is 7.37. The van der Waals surface area contributed by atoms with Crippen LogP contribution in [-0.2, 0) is 23.6 Å². The van der Waals surface area contributed by atoms with E-state index in [-0.39, 0.29) is 16.1 Å². The summed E-state index contributed by atoms with van der Waals surface area (Å²) in [4.78, 5) is 12.9. The number of benzene rings is 2. The van der Waals surface area contributed by atoms with E-state index in [2.05, 4.69) is 4.72 Å². The first-order valence-corrected chi connectivity index (χ1v) is 10.5. The Morgan fingerprint density at radius 1 is 1.11 bits per heavy atom. The summed E-state index contributed by atoms with van der Waals surface area (Å²) >= 11 is 5.92. The van der Waals surface area contributed by atoms with E-state index in [1.165, 1.54) is 4.57 Å². The third kappa shape index (κ3) is 3.42. The molecule has 4 rings (SSSR count). The number of halogens is 1. The summed E-state index contributed by atoms with van der Waals surface area (Å²) in [5.41, 5.74) is 1.66. The summed E-state index contributed by atoms with van der Waals surface area (Å²) < 4.78 is 31.1. The van der Waals surface area contributed by atoms with Crippen LogP contribution in [0.2, 0.25) is 5.02 Å². The van der Waals surface area contributed by atoms with Crippen LogP contribution in [-0.4, -0.2) is 23.1 Å². The molecule has 0 bridgehead atoms. The van der Waals surface area contributed by atoms with Crippen LogP contribution >= 0.6 is 11.6 Å². The maximum Gasteiger partial charge on any atom is 0.329 e. The zero-order chi connectivity index (χ0) is 19.4. The van der Waals surface area contributed by atoms with E-state index in [1.54, 1.807) is 41.9 Å². The van der Waals surface area contributed by atoms with Gasteiger partial charge in [-0.15, -0.1) is 0 Å². The minimum absolute atomic E-state index is 0.169. The molecular weight excluding hydrogens is 386 g/mol. The van der Waals surface area contributed by atoms with Crippen LogP contribution in [0.25, 0.3) is 11.0 Å². The number of rotatable bonds is 5. The van der Waals surface area contributed by atoms with Gasteiger partial charge in [-0.3, -0.25) is 9.13 Å². The number of sulfonamides is 1. The normalized spacial score (nSPS) is 16.0. The quantitative estimate of drug-likeness (QED) is 0.709. The van der Waals surface area contributed by atoms with Crippen LogP contribution in [0.3, 0.4) is 0 Å². The highest BCUT2D eigenvalue weighted by Crippen LogP contribution is 2.36. The summed E-state index contributed by atoms with van der Waals surface area (Å²) in [6.07, 6.45) is 1.68. The van der Waals surface area contributed by atoms with E-state index in [9.17, 15) is 13.2 Å². The third-order valence-corrected chi connectivity index (χ3v) is 6.95. The van der Waals surface area contributed by atoms with Gasteiger partial charge in [0.1, 0.15) is 0 Å². The molecule has 27 heavy (non-hydrogen) atoms. The van der Waals surface area contributed by atoms with E-state index >= 15 is 0 Å². The SMILES string of the molecule is Cn1c(=O)n(Cc2ccc(Cl)cc2)c2ccc(S(=O)(=O)NC3(C)CC3)cc21. The van der Waals surface area contributed by atoms with Crippen LogP contribution in [0.1, 0.15) is 25.3 Å². The molecule has 0 aliphatic heterocycles. The summed E-state index contributed by atoms with van der Waals surface area (Å²) in [6.45, 7) is 2.27. The monoisotopic (exact) mass is 405 g/mol. The van der Waals surface area contributed by atoms with Gasteiger partial charge < -0.3 is 0 Å². The number of hydrogen-bond donors (Lipinski definition) is 1. The van der Waals surface area contributed by atoms with Crippen molar-refractivity contribution in [3.8, 4) is 0 Å². The first kappa shape index (κ1) is 18.3. The Morgan fingerprint density at radius 2 is 1.78 bits per heavy atom. The van der Waals surface area contributed by atoms with Crippen LogP contribution < -0.4 is 10.4 Å². The Labute approximate surface area is 162 Å². The molecule has 6 nitrogen and oxygen atoms in total. The Kier molecular flexibility index (Phi) is 4.21. The lowest BCUT2D eigenvalue weighted by Crippen LogP contribution is -2.34. The van der Waals surface area contributed by atoms with Gasteiger partial charge in [-0.05, 0) is 55.7 Å². The van der Waals surface area contributed by atoms with Gasteiger partial charge in [-0.2, -0.15) is 0 Å². The van der Waals surface area contributed by atoms with Crippen molar-refractivity contribution in [1.29, 1.82) is 0 Å². The Morgan fingerprint density at radius 3 is 2.41 bits per heavy atom. The number of nitrogens with zero attached hydrogens (tertiary/aromatic N) is 2. The molecular formula is C19H20ClN3O3S. The molecule has 3 aromatic rings. The Hall–Kier alpha value is -2.09. The van der Waals surface area contributed by atoms with E-state index in [0.717, 1.165) is 18.4 Å². The highest BCUT2D eigenvalue weighted by atomic mass is 35.5. The maximum absolute atomic E-state index is 12.7. The fourth-order valence-corrected chi connectivity index (χ4v) is 4.76. The first-order chi connectivity index (χ1) is 12.7. The predicted octanol–water partition coefficient (Wildman–Crippen LogP) is 2.87. The van der Waals surface area contributed by atoms with Gasteiger partial charge in [0.05, 0.1) is 22.5 Å². The highest BCUT2D eigenvalue weighted by molar-refractivity contribution is 7.89. The van der Waals surface area contributed by atoms with Crippen molar-refractivity contribution in [2.24, 2.45) is 7.05 Å². The molecule has 0 unspecified atom stereocenters. The van der Waals surface area contributed by atoms with Crippen LogP contribution in [0.4, 0.5) is 0 Å². The molecule has 1 heterocycles. The molecule has 1 saturated carbocycles. The van der Waals surface area contributed by atoms with E-state index in [0.29, 0.717) is 22.6 Å². The van der Waals surface area contributed by atoms with Gasteiger partial charge in [-0.25, -0.2) is 17.9 Å². The standard InChI is InChI=1S/C19H20ClN3O3S/c1-19(9-10-19)21-27(25,26)15-7-8-16-17(11-15)22(2)18(24)23(16)12-13-3-5-14(20)6-4-13/h3-8,11,21H,9-10,12H2,1-2H3. The highest BCUT2D eigenvalue weighted by Gasteiger charge is 2.41. The topological polar surface area (TPSA) is 73.1 Å². The van der Waals surface area contributed by atoms with Crippen LogP contribution in [0.5, 0.6) is 0 Å². The van der Waals surface area contributed by atoms with Gasteiger partial charge in [0.2, 0.25) is 10.0 Å². The van der Waals surface area contributed by atoms with Gasteiger partial charge in [0.25, 0.3) is 0 Å². The summed E-state index contributed by atoms with van der Waals surface area (Å²) in [5.74, 6) is 0. The average molecular weight is 406 g/mol. The fourth-order valence-electron chi connectivity index (χ4n) is 3.15. The number of imidazole rings is 1. The molecule has 1 aliphatic rings. The number of aromatic nitrogens is 2. The van der Waals surface area contributed by atoms with Crippen LogP contribution in [0.15, 0.2) is 52.2 Å². The molecule has 0 spiro atoms. The van der Waals surface area contributed by atoms with Crippen LogP contribution in [0, 0.1) is 0 Å². The average Bonchev–Trinajstić information content (AvgIpc) is 3.29. The van der Waals surface area contributed by atoms with Gasteiger partial charge >= 0.3 is 5.69 Å². The lowest BCUT2D eigenvalue weighted by Gasteiger charge is -2.12. The van der Waals surface area contributed by atoms with Gasteiger partial charge in [0, 0.05) is 17.6 Å². The molecule has 8 heteroatoms. The molecule has 1 aromatic heterocycles. The zero-order valence-electron chi connectivity index (χ0n) is 15.1. The smallest absolute Gasteiger partial charge is 0.295 e. The minimum atomic E-state index is -3.62. The number of aryl methyl sites for hydroxylation is 1. The third-order valence-electron chi connectivity index (χ3n) is 5.06. The van der Waals surface area contributed by atoms with E-state index in [4.69, 9.17) is 11.6 Å². The lowest BCUT2D eigenvalue weighted by molar-refractivity contribution is 0.558. The second-order valence-corrected chi connectivity index (χ2v) is 9.49.